The molecule has 1 aromatic carbocycles. The highest BCUT2D eigenvalue weighted by Crippen LogP contribution is 2.31. The van der Waals surface area contributed by atoms with Crippen LogP contribution in [-0.2, 0) is 11.2 Å². The molecule has 0 aliphatic carbocycles. The van der Waals surface area contributed by atoms with Crippen molar-refractivity contribution < 1.29 is 4.74 Å². The molecule has 2 aliphatic heterocycles. The summed E-state index contributed by atoms with van der Waals surface area (Å²) in [7, 11) is 0. The average molecular weight is 287 g/mol. The molecule has 0 radical (unpaired) electrons. The van der Waals surface area contributed by atoms with Gasteiger partial charge in [0.25, 0.3) is 0 Å². The van der Waals surface area contributed by atoms with Crippen molar-refractivity contribution in [1.29, 1.82) is 0 Å². The fourth-order valence-electron chi connectivity index (χ4n) is 2.93. The first-order chi connectivity index (χ1) is 10.4. The van der Waals surface area contributed by atoms with Crippen molar-refractivity contribution in [2.45, 2.75) is 32.6 Å². The lowest BCUT2D eigenvalue weighted by molar-refractivity contribution is 0.123. The molecule has 114 valence electrons. The topological polar surface area (TPSA) is 36.9 Å². The lowest BCUT2D eigenvalue weighted by atomic mass is 10.1. The van der Waals surface area contributed by atoms with Crippen LogP contribution in [0.15, 0.2) is 23.2 Å². The number of anilines is 1. The van der Waals surface area contributed by atoms with Crippen molar-refractivity contribution >= 4 is 17.2 Å². The van der Waals surface area contributed by atoms with E-state index in [-0.39, 0.29) is 0 Å². The van der Waals surface area contributed by atoms with Gasteiger partial charge in [-0.2, -0.15) is 0 Å². The molecule has 0 atom stereocenters. The third-order valence-corrected chi connectivity index (χ3v) is 4.22. The lowest BCUT2D eigenvalue weighted by Crippen LogP contribution is -2.36. The van der Waals surface area contributed by atoms with Gasteiger partial charge in [0.15, 0.2) is 0 Å². The number of rotatable bonds is 3. The highest BCUT2D eigenvalue weighted by Gasteiger charge is 2.16. The van der Waals surface area contributed by atoms with Crippen LogP contribution in [0.25, 0.3) is 0 Å². The van der Waals surface area contributed by atoms with E-state index >= 15 is 0 Å². The quantitative estimate of drug-likeness (QED) is 0.928. The minimum absolute atomic E-state index is 0.809. The SMILES string of the molecule is CCc1ccc(N2CCOCC2)c(/N=C2\CCCCN2)c1. The van der Waals surface area contributed by atoms with Gasteiger partial charge in [0.2, 0.25) is 0 Å². The van der Waals surface area contributed by atoms with Gasteiger partial charge in [-0.3, -0.25) is 0 Å². The Hall–Kier alpha value is -1.55. The van der Waals surface area contributed by atoms with E-state index in [0.717, 1.165) is 57.2 Å². The Morgan fingerprint density at radius 2 is 2.10 bits per heavy atom. The third-order valence-electron chi connectivity index (χ3n) is 4.22. The molecule has 0 aromatic heterocycles. The van der Waals surface area contributed by atoms with Gasteiger partial charge in [-0.25, -0.2) is 4.99 Å². The van der Waals surface area contributed by atoms with Crippen LogP contribution in [0.4, 0.5) is 11.4 Å². The van der Waals surface area contributed by atoms with E-state index in [1.807, 2.05) is 0 Å². The Labute approximate surface area is 127 Å². The molecule has 4 heteroatoms. The number of nitrogens with one attached hydrogen (secondary N) is 1. The van der Waals surface area contributed by atoms with E-state index in [1.54, 1.807) is 0 Å². The molecule has 0 amide bonds. The maximum absolute atomic E-state index is 5.47. The van der Waals surface area contributed by atoms with Crippen LogP contribution in [0.5, 0.6) is 0 Å². The Bertz CT molecular complexity index is 499. The molecule has 3 rings (SSSR count). The van der Waals surface area contributed by atoms with Crippen LogP contribution in [0.2, 0.25) is 0 Å². The molecule has 1 aromatic rings. The normalized spacial score (nSPS) is 21.4. The molecule has 2 aliphatic rings. The van der Waals surface area contributed by atoms with Crippen molar-refractivity contribution in [3.8, 4) is 0 Å². The zero-order valence-electron chi connectivity index (χ0n) is 12.9. The lowest BCUT2D eigenvalue weighted by Gasteiger charge is -2.30. The maximum atomic E-state index is 5.47. The molecule has 2 fully saturated rings. The number of amidine groups is 1. The Kier molecular flexibility index (Phi) is 4.76. The predicted molar refractivity (Wildman–Crippen MR) is 87.8 cm³/mol. The molecule has 4 nitrogen and oxygen atoms in total. The second-order valence-corrected chi connectivity index (χ2v) is 5.72. The molecule has 0 spiro atoms. The molecule has 0 saturated carbocycles. The van der Waals surface area contributed by atoms with E-state index in [2.05, 4.69) is 35.3 Å². The van der Waals surface area contributed by atoms with Crippen LogP contribution >= 0.6 is 0 Å². The number of hydrogen-bond acceptors (Lipinski definition) is 3. The summed E-state index contributed by atoms with van der Waals surface area (Å²) in [4.78, 5) is 7.32. The maximum Gasteiger partial charge on any atom is 0.102 e. The Morgan fingerprint density at radius 1 is 1.24 bits per heavy atom. The van der Waals surface area contributed by atoms with Gasteiger partial charge in [0.05, 0.1) is 24.6 Å². The molecule has 2 heterocycles. The number of morpholine rings is 1. The van der Waals surface area contributed by atoms with Gasteiger partial charge in [0.1, 0.15) is 5.84 Å². The van der Waals surface area contributed by atoms with Gasteiger partial charge >= 0.3 is 0 Å². The van der Waals surface area contributed by atoms with E-state index < -0.39 is 0 Å². The number of aryl methyl sites for hydroxylation is 1. The number of piperidine rings is 1. The third kappa shape index (κ3) is 3.56. The highest BCUT2D eigenvalue weighted by molar-refractivity contribution is 5.87. The first kappa shape index (κ1) is 14.4. The van der Waals surface area contributed by atoms with E-state index in [1.165, 1.54) is 24.1 Å². The van der Waals surface area contributed by atoms with Crippen LogP contribution in [-0.4, -0.2) is 38.7 Å². The second kappa shape index (κ2) is 6.94. The first-order valence-corrected chi connectivity index (χ1v) is 8.14. The van der Waals surface area contributed by atoms with Crippen LogP contribution < -0.4 is 10.2 Å². The zero-order valence-corrected chi connectivity index (χ0v) is 12.9. The van der Waals surface area contributed by atoms with Crippen molar-refractivity contribution in [3.05, 3.63) is 23.8 Å². The van der Waals surface area contributed by atoms with E-state index in [0.29, 0.717) is 0 Å². The minimum atomic E-state index is 0.809. The summed E-state index contributed by atoms with van der Waals surface area (Å²) in [6.45, 7) is 6.78. The standard InChI is InChI=1S/C17H25N3O/c1-2-14-6-7-16(20-9-11-21-12-10-20)15(13-14)19-17-5-3-4-8-18-17/h6-7,13H,2-5,8-12H2,1H3,(H,18,19). The molecule has 1 N–H and O–H groups in total. The van der Waals surface area contributed by atoms with Crippen molar-refractivity contribution in [2.24, 2.45) is 4.99 Å². The second-order valence-electron chi connectivity index (χ2n) is 5.72. The summed E-state index contributed by atoms with van der Waals surface area (Å²) < 4.78 is 5.47. The van der Waals surface area contributed by atoms with E-state index in [9.17, 15) is 0 Å². The molecule has 21 heavy (non-hydrogen) atoms. The molecule has 0 bridgehead atoms. The van der Waals surface area contributed by atoms with Gasteiger partial charge in [-0.1, -0.05) is 13.0 Å². The number of benzene rings is 1. The number of aliphatic imine (C=N–C) groups is 1. The largest absolute Gasteiger partial charge is 0.378 e. The summed E-state index contributed by atoms with van der Waals surface area (Å²) in [5.41, 5.74) is 3.71. The average Bonchev–Trinajstić information content (AvgIpc) is 2.56. The van der Waals surface area contributed by atoms with Gasteiger partial charge in [0, 0.05) is 26.1 Å². The number of hydrogen-bond donors (Lipinski definition) is 1. The molecule has 0 unspecified atom stereocenters. The summed E-state index contributed by atoms with van der Waals surface area (Å²) in [6.07, 6.45) is 4.62. The molecular weight excluding hydrogens is 262 g/mol. The van der Waals surface area contributed by atoms with Gasteiger partial charge < -0.3 is 15.0 Å². The van der Waals surface area contributed by atoms with Crippen molar-refractivity contribution in [2.75, 3.05) is 37.7 Å². The fourth-order valence-corrected chi connectivity index (χ4v) is 2.93. The van der Waals surface area contributed by atoms with Gasteiger partial charge in [-0.15, -0.1) is 0 Å². The van der Waals surface area contributed by atoms with Crippen molar-refractivity contribution in [3.63, 3.8) is 0 Å². The summed E-state index contributed by atoms with van der Waals surface area (Å²) in [5.74, 6) is 1.14. The first-order valence-electron chi connectivity index (χ1n) is 8.14. The van der Waals surface area contributed by atoms with Crippen LogP contribution in [0.3, 0.4) is 0 Å². The number of nitrogens with zero attached hydrogens (tertiary/aromatic N) is 2. The summed E-state index contributed by atoms with van der Waals surface area (Å²) in [5, 5.41) is 3.44. The summed E-state index contributed by atoms with van der Waals surface area (Å²) >= 11 is 0. The fraction of sp³-hybridized carbons (Fsp3) is 0.588. The minimum Gasteiger partial charge on any atom is -0.378 e. The van der Waals surface area contributed by atoms with Crippen LogP contribution in [0.1, 0.15) is 31.7 Å². The molecular formula is C17H25N3O. The van der Waals surface area contributed by atoms with Gasteiger partial charge in [-0.05, 0) is 37.0 Å². The molecule has 2 saturated heterocycles. The predicted octanol–water partition coefficient (Wildman–Crippen LogP) is 2.89. The van der Waals surface area contributed by atoms with Crippen LogP contribution in [0, 0.1) is 0 Å². The van der Waals surface area contributed by atoms with Crippen molar-refractivity contribution in [1.82, 2.24) is 5.32 Å². The smallest absolute Gasteiger partial charge is 0.102 e. The Morgan fingerprint density at radius 3 is 2.81 bits per heavy atom. The van der Waals surface area contributed by atoms with E-state index in [4.69, 9.17) is 9.73 Å². The zero-order chi connectivity index (χ0) is 14.5. The number of ether oxygens (including phenoxy) is 1. The highest BCUT2D eigenvalue weighted by atomic mass is 16.5. The Balaban J connectivity index is 1.90. The monoisotopic (exact) mass is 287 g/mol. The summed E-state index contributed by atoms with van der Waals surface area (Å²) in [6, 6.07) is 6.70.